The van der Waals surface area contributed by atoms with Crippen LogP contribution in [0.25, 0.3) is 10.9 Å². The Labute approximate surface area is 63.9 Å². The molecule has 0 atom stereocenters. The number of fused-ring (bicyclic) bond motifs is 1. The standard InChI is InChI=1S/C8H6N3/c9-8-10-5-6-3-1-2-4-7(6)11-8/h1,3-5H,(H2,9,10,11). The number of aromatic nitrogens is 2. The van der Waals surface area contributed by atoms with Gasteiger partial charge in [0.05, 0.1) is 5.52 Å². The van der Waals surface area contributed by atoms with Gasteiger partial charge in [-0.25, -0.2) is 9.97 Å². The van der Waals surface area contributed by atoms with E-state index < -0.39 is 0 Å². The number of benzene rings is 1. The van der Waals surface area contributed by atoms with Gasteiger partial charge in [0.25, 0.3) is 0 Å². The molecule has 0 aliphatic heterocycles. The van der Waals surface area contributed by atoms with Crippen molar-refractivity contribution in [3.05, 3.63) is 30.5 Å². The van der Waals surface area contributed by atoms with E-state index in [1.54, 1.807) is 12.3 Å². The number of nitrogen functional groups attached to an aromatic ring is 1. The van der Waals surface area contributed by atoms with Crippen LogP contribution in [0.15, 0.2) is 24.4 Å². The van der Waals surface area contributed by atoms with E-state index >= 15 is 0 Å². The normalized spacial score (nSPS) is 10.2. The van der Waals surface area contributed by atoms with Crippen molar-refractivity contribution in [3.63, 3.8) is 0 Å². The summed E-state index contributed by atoms with van der Waals surface area (Å²) in [6, 6.07) is 8.42. The summed E-state index contributed by atoms with van der Waals surface area (Å²) in [5.74, 6) is 0.303. The van der Waals surface area contributed by atoms with Crippen LogP contribution in [-0.4, -0.2) is 9.97 Å². The van der Waals surface area contributed by atoms with Crippen LogP contribution in [0.1, 0.15) is 0 Å². The lowest BCUT2D eigenvalue weighted by Crippen LogP contribution is -1.93. The Morgan fingerprint density at radius 2 is 2.36 bits per heavy atom. The zero-order valence-electron chi connectivity index (χ0n) is 5.78. The van der Waals surface area contributed by atoms with Crippen LogP contribution in [0.5, 0.6) is 0 Å². The van der Waals surface area contributed by atoms with Gasteiger partial charge in [0, 0.05) is 11.6 Å². The summed E-state index contributed by atoms with van der Waals surface area (Å²) in [5, 5.41) is 0.984. The molecular weight excluding hydrogens is 138 g/mol. The summed E-state index contributed by atoms with van der Waals surface area (Å²) < 4.78 is 0. The molecule has 0 unspecified atom stereocenters. The van der Waals surface area contributed by atoms with E-state index in [1.807, 2.05) is 12.1 Å². The molecular formula is C8H6N3. The number of anilines is 1. The fourth-order valence-corrected chi connectivity index (χ4v) is 0.928. The minimum Gasteiger partial charge on any atom is -0.368 e. The van der Waals surface area contributed by atoms with Gasteiger partial charge in [-0.15, -0.1) is 0 Å². The van der Waals surface area contributed by atoms with E-state index in [0.717, 1.165) is 10.9 Å². The molecule has 1 radical (unpaired) electrons. The van der Waals surface area contributed by atoms with Gasteiger partial charge >= 0.3 is 0 Å². The Kier molecular flexibility index (Phi) is 1.22. The molecule has 0 aliphatic rings. The molecule has 1 aromatic heterocycles. The molecule has 0 fully saturated rings. The van der Waals surface area contributed by atoms with Crippen LogP contribution in [0.2, 0.25) is 0 Å². The van der Waals surface area contributed by atoms with Gasteiger partial charge in [0.1, 0.15) is 0 Å². The van der Waals surface area contributed by atoms with E-state index in [2.05, 4.69) is 16.0 Å². The Bertz CT molecular complexity index is 384. The van der Waals surface area contributed by atoms with Gasteiger partial charge in [-0.3, -0.25) is 0 Å². The first-order valence-corrected chi connectivity index (χ1v) is 3.24. The van der Waals surface area contributed by atoms with E-state index in [0.29, 0.717) is 5.95 Å². The summed E-state index contributed by atoms with van der Waals surface area (Å²) in [6.45, 7) is 0. The number of nitrogens with two attached hydrogens (primary N) is 1. The highest BCUT2D eigenvalue weighted by Gasteiger charge is 1.92. The molecule has 0 amide bonds. The third-order valence-corrected chi connectivity index (χ3v) is 1.45. The highest BCUT2D eigenvalue weighted by atomic mass is 15.0. The monoisotopic (exact) mass is 144 g/mol. The first kappa shape index (κ1) is 6.09. The van der Waals surface area contributed by atoms with Crippen molar-refractivity contribution in [1.29, 1.82) is 0 Å². The number of rotatable bonds is 0. The molecule has 2 rings (SSSR count). The predicted octanol–water partition coefficient (Wildman–Crippen LogP) is 1.01. The second-order valence-corrected chi connectivity index (χ2v) is 2.21. The topological polar surface area (TPSA) is 51.8 Å². The van der Waals surface area contributed by atoms with E-state index in [-0.39, 0.29) is 0 Å². The molecule has 3 nitrogen and oxygen atoms in total. The molecule has 1 aromatic carbocycles. The van der Waals surface area contributed by atoms with Crippen LogP contribution in [0.3, 0.4) is 0 Å². The summed E-state index contributed by atoms with van der Waals surface area (Å²) in [5.41, 5.74) is 6.22. The minimum atomic E-state index is 0.303. The molecule has 0 bridgehead atoms. The second kappa shape index (κ2) is 2.20. The summed E-state index contributed by atoms with van der Waals surface area (Å²) in [4.78, 5) is 7.87. The van der Waals surface area contributed by atoms with Gasteiger partial charge in [-0.05, 0) is 12.1 Å². The van der Waals surface area contributed by atoms with Gasteiger partial charge in [-0.2, -0.15) is 0 Å². The number of hydrogen-bond donors (Lipinski definition) is 1. The molecule has 2 aromatic rings. The van der Waals surface area contributed by atoms with Crippen molar-refractivity contribution in [2.45, 2.75) is 0 Å². The Morgan fingerprint density at radius 3 is 3.27 bits per heavy atom. The first-order chi connectivity index (χ1) is 5.36. The molecule has 0 saturated heterocycles. The molecule has 3 heteroatoms. The molecule has 2 N–H and O–H groups in total. The largest absolute Gasteiger partial charge is 0.368 e. The van der Waals surface area contributed by atoms with Crippen molar-refractivity contribution in [3.8, 4) is 0 Å². The molecule has 1 heterocycles. The van der Waals surface area contributed by atoms with E-state index in [4.69, 9.17) is 5.73 Å². The molecule has 0 aliphatic carbocycles. The maximum Gasteiger partial charge on any atom is 0.220 e. The summed E-state index contributed by atoms with van der Waals surface area (Å²) in [6.07, 6.45) is 1.70. The second-order valence-electron chi connectivity index (χ2n) is 2.21. The zero-order chi connectivity index (χ0) is 7.68. The average molecular weight is 144 g/mol. The van der Waals surface area contributed by atoms with Gasteiger partial charge in [-0.1, -0.05) is 12.1 Å². The lowest BCUT2D eigenvalue weighted by molar-refractivity contribution is 1.24. The summed E-state index contributed by atoms with van der Waals surface area (Å²) in [7, 11) is 0. The fourth-order valence-electron chi connectivity index (χ4n) is 0.928. The van der Waals surface area contributed by atoms with Crippen molar-refractivity contribution < 1.29 is 0 Å². The van der Waals surface area contributed by atoms with Gasteiger partial charge < -0.3 is 5.73 Å². The van der Waals surface area contributed by atoms with Crippen molar-refractivity contribution in [2.75, 3.05) is 5.73 Å². The van der Waals surface area contributed by atoms with Gasteiger partial charge in [0.2, 0.25) is 5.95 Å². The Hall–Kier alpha value is -1.64. The van der Waals surface area contributed by atoms with Crippen LogP contribution in [0, 0.1) is 6.07 Å². The van der Waals surface area contributed by atoms with Crippen molar-refractivity contribution in [1.82, 2.24) is 9.97 Å². The van der Waals surface area contributed by atoms with Crippen LogP contribution < -0.4 is 5.73 Å². The maximum atomic E-state index is 5.39. The molecule has 0 saturated carbocycles. The highest BCUT2D eigenvalue weighted by molar-refractivity contribution is 5.77. The van der Waals surface area contributed by atoms with Crippen molar-refractivity contribution >= 4 is 16.9 Å². The van der Waals surface area contributed by atoms with Crippen molar-refractivity contribution in [2.24, 2.45) is 0 Å². The third-order valence-electron chi connectivity index (χ3n) is 1.45. The summed E-state index contributed by atoms with van der Waals surface area (Å²) >= 11 is 0. The molecule has 11 heavy (non-hydrogen) atoms. The molecule has 53 valence electrons. The van der Waals surface area contributed by atoms with E-state index in [9.17, 15) is 0 Å². The predicted molar refractivity (Wildman–Crippen MR) is 42.8 cm³/mol. The highest BCUT2D eigenvalue weighted by Crippen LogP contribution is 2.08. The lowest BCUT2D eigenvalue weighted by Gasteiger charge is -1.94. The fraction of sp³-hybridized carbons (Fsp3) is 0. The minimum absolute atomic E-state index is 0.303. The number of nitrogens with zero attached hydrogens (tertiary/aromatic N) is 2. The maximum absolute atomic E-state index is 5.39. The van der Waals surface area contributed by atoms with Crippen LogP contribution in [0.4, 0.5) is 5.95 Å². The quantitative estimate of drug-likeness (QED) is 0.600. The SMILES string of the molecule is Nc1ncc2cc[c]cc2n1. The zero-order valence-corrected chi connectivity index (χ0v) is 5.78. The van der Waals surface area contributed by atoms with Gasteiger partial charge in [0.15, 0.2) is 0 Å². The van der Waals surface area contributed by atoms with Crippen LogP contribution >= 0.6 is 0 Å². The lowest BCUT2D eigenvalue weighted by atomic mass is 10.2. The Morgan fingerprint density at radius 1 is 1.45 bits per heavy atom. The third kappa shape index (κ3) is 1.00. The van der Waals surface area contributed by atoms with Crippen LogP contribution in [-0.2, 0) is 0 Å². The Balaban J connectivity index is 2.83. The smallest absolute Gasteiger partial charge is 0.220 e. The molecule has 0 spiro atoms. The number of hydrogen-bond acceptors (Lipinski definition) is 3. The first-order valence-electron chi connectivity index (χ1n) is 3.24. The van der Waals surface area contributed by atoms with E-state index in [1.165, 1.54) is 0 Å². The average Bonchev–Trinajstić information content (AvgIpc) is 2.04.